The molecule has 0 saturated heterocycles. The molecule has 2 aromatic carbocycles. The lowest BCUT2D eigenvalue weighted by Gasteiger charge is -2.09. The van der Waals surface area contributed by atoms with Crippen molar-refractivity contribution in [3.63, 3.8) is 0 Å². The molecule has 2 N–H and O–H groups in total. The van der Waals surface area contributed by atoms with Gasteiger partial charge < -0.3 is 10.4 Å². The lowest BCUT2D eigenvalue weighted by molar-refractivity contribution is -0.384. The largest absolute Gasteiger partial charge is 0.508 e. The highest BCUT2D eigenvalue weighted by Crippen LogP contribution is 2.31. The van der Waals surface area contributed by atoms with Crippen molar-refractivity contribution < 1.29 is 10.0 Å². The maximum absolute atomic E-state index is 11.0. The molecule has 7 nitrogen and oxygen atoms in total. The molecule has 22 heavy (non-hydrogen) atoms. The molecule has 3 rings (SSSR count). The molecular formula is C14H9ClN4O3. The zero-order chi connectivity index (χ0) is 15.7. The monoisotopic (exact) mass is 316 g/mol. The Morgan fingerprint density at radius 1 is 1.27 bits per heavy atom. The number of nitro groups is 1. The van der Waals surface area contributed by atoms with Gasteiger partial charge in [-0.3, -0.25) is 10.1 Å². The van der Waals surface area contributed by atoms with E-state index in [0.717, 1.165) is 11.6 Å². The van der Waals surface area contributed by atoms with Crippen LogP contribution in [0.2, 0.25) is 5.28 Å². The number of nitrogens with one attached hydrogen (secondary N) is 1. The van der Waals surface area contributed by atoms with Crippen LogP contribution < -0.4 is 5.32 Å². The van der Waals surface area contributed by atoms with Crippen molar-refractivity contribution in [1.82, 2.24) is 9.97 Å². The first-order valence-electron chi connectivity index (χ1n) is 6.20. The molecular weight excluding hydrogens is 308 g/mol. The fraction of sp³-hybridized carbons (Fsp3) is 0. The highest BCUT2D eigenvalue weighted by Gasteiger charge is 2.17. The molecule has 1 aromatic heterocycles. The topological polar surface area (TPSA) is 101 Å². The fourth-order valence-electron chi connectivity index (χ4n) is 2.08. The van der Waals surface area contributed by atoms with Crippen LogP contribution in [0.5, 0.6) is 5.75 Å². The molecule has 0 bridgehead atoms. The molecule has 0 atom stereocenters. The third kappa shape index (κ3) is 2.61. The Balaban J connectivity index is 2.13. The number of benzene rings is 2. The van der Waals surface area contributed by atoms with Gasteiger partial charge in [0.25, 0.3) is 0 Å². The number of phenolic OH excluding ortho intramolecular Hbond substituents is 1. The van der Waals surface area contributed by atoms with E-state index < -0.39 is 4.92 Å². The van der Waals surface area contributed by atoms with Crippen molar-refractivity contribution in [2.24, 2.45) is 0 Å². The molecule has 0 aliphatic rings. The van der Waals surface area contributed by atoms with E-state index in [2.05, 4.69) is 15.3 Å². The molecule has 0 spiro atoms. The van der Waals surface area contributed by atoms with Gasteiger partial charge in [0.2, 0.25) is 11.1 Å². The normalized spacial score (nSPS) is 10.6. The van der Waals surface area contributed by atoms with Crippen LogP contribution >= 0.6 is 11.6 Å². The first-order chi connectivity index (χ1) is 10.5. The maximum Gasteiger partial charge on any atom is 0.329 e. The predicted octanol–water partition coefficient (Wildman–Crippen LogP) is 3.64. The minimum Gasteiger partial charge on any atom is -0.508 e. The molecule has 3 aromatic rings. The molecule has 0 aliphatic heterocycles. The number of aromatic hydroxyl groups is 1. The number of aromatic nitrogens is 2. The molecule has 0 fully saturated rings. The first-order valence-corrected chi connectivity index (χ1v) is 6.58. The van der Waals surface area contributed by atoms with Crippen molar-refractivity contribution in [3.05, 3.63) is 58.0 Å². The van der Waals surface area contributed by atoms with E-state index >= 15 is 0 Å². The molecule has 0 aliphatic carbocycles. The second kappa shape index (κ2) is 5.45. The Labute approximate surface area is 129 Å². The molecule has 1 heterocycles. The Kier molecular flexibility index (Phi) is 3.48. The Bertz CT molecular complexity index is 885. The van der Waals surface area contributed by atoms with Crippen molar-refractivity contribution in [1.29, 1.82) is 0 Å². The van der Waals surface area contributed by atoms with Gasteiger partial charge in [0.15, 0.2) is 0 Å². The number of hydrogen-bond donors (Lipinski definition) is 2. The van der Waals surface area contributed by atoms with Gasteiger partial charge in [0.1, 0.15) is 11.9 Å². The van der Waals surface area contributed by atoms with Crippen LogP contribution in [0, 0.1) is 10.1 Å². The number of hydrogen-bond acceptors (Lipinski definition) is 6. The zero-order valence-corrected chi connectivity index (χ0v) is 11.8. The summed E-state index contributed by atoms with van der Waals surface area (Å²) in [6, 6.07) is 10.2. The van der Waals surface area contributed by atoms with Crippen molar-refractivity contribution >= 4 is 39.6 Å². The van der Waals surface area contributed by atoms with Crippen LogP contribution in [-0.2, 0) is 0 Å². The van der Waals surface area contributed by atoms with Crippen LogP contribution in [0.3, 0.4) is 0 Å². The van der Waals surface area contributed by atoms with Gasteiger partial charge >= 0.3 is 5.69 Å². The average molecular weight is 317 g/mol. The molecule has 0 radical (unpaired) electrons. The second-order valence-corrected chi connectivity index (χ2v) is 4.80. The smallest absolute Gasteiger partial charge is 0.329 e. The summed E-state index contributed by atoms with van der Waals surface area (Å²) in [5, 5.41) is 25.0. The summed E-state index contributed by atoms with van der Waals surface area (Å²) >= 11 is 5.71. The summed E-state index contributed by atoms with van der Waals surface area (Å²) in [7, 11) is 0. The van der Waals surface area contributed by atoms with Gasteiger partial charge in [0.05, 0.1) is 4.92 Å². The highest BCUT2D eigenvalue weighted by atomic mass is 35.5. The van der Waals surface area contributed by atoms with Gasteiger partial charge in [-0.15, -0.1) is 0 Å². The quantitative estimate of drug-likeness (QED) is 0.434. The van der Waals surface area contributed by atoms with Crippen molar-refractivity contribution in [3.8, 4) is 5.75 Å². The molecule has 0 saturated carbocycles. The summed E-state index contributed by atoms with van der Waals surface area (Å²) in [6.45, 7) is 0. The van der Waals surface area contributed by atoms with E-state index in [1.54, 1.807) is 30.3 Å². The van der Waals surface area contributed by atoms with Gasteiger partial charge in [-0.1, -0.05) is 18.2 Å². The Hall–Kier alpha value is -2.93. The standard InChI is InChI=1S/C14H9ClN4O3/c15-14-16-7-12(19(21)22)13(18-14)17-11-3-1-2-8-4-5-9(20)6-10(8)11/h1-7,20H,(H,16,17,18). The van der Waals surface area contributed by atoms with Crippen LogP contribution in [0.1, 0.15) is 0 Å². The third-order valence-electron chi connectivity index (χ3n) is 3.06. The molecule has 0 amide bonds. The zero-order valence-electron chi connectivity index (χ0n) is 11.0. The van der Waals surface area contributed by atoms with Gasteiger partial charge in [-0.2, -0.15) is 4.98 Å². The number of fused-ring (bicyclic) bond motifs is 1. The van der Waals surface area contributed by atoms with Crippen LogP contribution in [0.4, 0.5) is 17.2 Å². The van der Waals surface area contributed by atoms with Gasteiger partial charge in [-0.25, -0.2) is 4.98 Å². The second-order valence-electron chi connectivity index (χ2n) is 4.47. The predicted molar refractivity (Wildman–Crippen MR) is 82.6 cm³/mol. The summed E-state index contributed by atoms with van der Waals surface area (Å²) in [5.41, 5.74) is 0.271. The summed E-state index contributed by atoms with van der Waals surface area (Å²) in [4.78, 5) is 17.9. The summed E-state index contributed by atoms with van der Waals surface area (Å²) < 4.78 is 0. The van der Waals surface area contributed by atoms with E-state index in [1.165, 1.54) is 0 Å². The number of phenols is 1. The van der Waals surface area contributed by atoms with E-state index in [0.29, 0.717) is 11.1 Å². The van der Waals surface area contributed by atoms with E-state index in [-0.39, 0.29) is 22.5 Å². The fourth-order valence-corrected chi connectivity index (χ4v) is 2.21. The van der Waals surface area contributed by atoms with Gasteiger partial charge in [0, 0.05) is 11.1 Å². The van der Waals surface area contributed by atoms with Crippen LogP contribution in [-0.4, -0.2) is 20.0 Å². The SMILES string of the molecule is O=[N+]([O-])c1cnc(Cl)nc1Nc1cccc2ccc(O)cc12. The Morgan fingerprint density at radius 2 is 2.09 bits per heavy atom. The van der Waals surface area contributed by atoms with Crippen molar-refractivity contribution in [2.45, 2.75) is 0 Å². The van der Waals surface area contributed by atoms with E-state index in [4.69, 9.17) is 11.6 Å². The maximum atomic E-state index is 11.0. The van der Waals surface area contributed by atoms with E-state index in [1.807, 2.05) is 6.07 Å². The average Bonchev–Trinajstić information content (AvgIpc) is 2.47. The summed E-state index contributed by atoms with van der Waals surface area (Å²) in [6.07, 6.45) is 1.04. The third-order valence-corrected chi connectivity index (χ3v) is 3.24. The lowest BCUT2D eigenvalue weighted by Crippen LogP contribution is -2.01. The van der Waals surface area contributed by atoms with Crippen LogP contribution in [0.15, 0.2) is 42.6 Å². The van der Waals surface area contributed by atoms with Gasteiger partial charge in [-0.05, 0) is 35.2 Å². The van der Waals surface area contributed by atoms with E-state index in [9.17, 15) is 15.2 Å². The number of anilines is 2. The molecule has 0 unspecified atom stereocenters. The number of rotatable bonds is 3. The Morgan fingerprint density at radius 3 is 2.86 bits per heavy atom. The lowest BCUT2D eigenvalue weighted by atomic mass is 10.1. The minimum absolute atomic E-state index is 0.0131. The summed E-state index contributed by atoms with van der Waals surface area (Å²) in [5.74, 6) is 0.0813. The minimum atomic E-state index is -0.596. The molecule has 8 heteroatoms. The first kappa shape index (κ1) is 14.0. The highest BCUT2D eigenvalue weighted by molar-refractivity contribution is 6.28. The van der Waals surface area contributed by atoms with Crippen LogP contribution in [0.25, 0.3) is 10.8 Å². The number of halogens is 1. The number of nitrogens with zero attached hydrogens (tertiary/aromatic N) is 3. The van der Waals surface area contributed by atoms with Crippen molar-refractivity contribution in [2.75, 3.05) is 5.32 Å². The molecule has 110 valence electrons.